The van der Waals surface area contributed by atoms with Crippen molar-refractivity contribution in [1.82, 2.24) is 10.6 Å². The number of ether oxygens (including phenoxy) is 4. The van der Waals surface area contributed by atoms with Crippen LogP contribution >= 0.6 is 0 Å². The number of rotatable bonds is 36. The van der Waals surface area contributed by atoms with Gasteiger partial charge in [0.05, 0.1) is 44.9 Å². The van der Waals surface area contributed by atoms with E-state index in [4.69, 9.17) is 24.1 Å². The van der Waals surface area contributed by atoms with Gasteiger partial charge in [-0.15, -0.1) is 0 Å². The molecule has 0 bridgehead atoms. The van der Waals surface area contributed by atoms with E-state index in [1.54, 1.807) is 0 Å². The fourth-order valence-electron chi connectivity index (χ4n) is 6.24. The number of carbonyl (C=O) groups is 8. The van der Waals surface area contributed by atoms with Crippen LogP contribution in [0, 0.1) is 17.8 Å². The first-order chi connectivity index (χ1) is 26.9. The third-order valence-electron chi connectivity index (χ3n) is 9.76. The summed E-state index contributed by atoms with van der Waals surface area (Å²) < 4.78 is 21.4. The second kappa shape index (κ2) is 31.5. The van der Waals surface area contributed by atoms with Crippen LogP contribution in [0.15, 0.2) is 0 Å². The van der Waals surface area contributed by atoms with Gasteiger partial charge in [-0.05, 0) is 63.7 Å². The van der Waals surface area contributed by atoms with Gasteiger partial charge in [0.15, 0.2) is 17.3 Å². The highest BCUT2D eigenvalue weighted by Gasteiger charge is 2.30. The molecule has 56 heavy (non-hydrogen) atoms. The number of nitrogens with one attached hydrogen (secondary N) is 2. The van der Waals surface area contributed by atoms with E-state index in [-0.39, 0.29) is 133 Å². The molecule has 16 nitrogen and oxygen atoms in total. The molecule has 2 unspecified atom stereocenters. The average molecular weight is 799 g/mol. The van der Waals surface area contributed by atoms with Gasteiger partial charge < -0.3 is 39.8 Å². The second-order valence-corrected chi connectivity index (χ2v) is 14.4. The standard InChI is InChI=1S/C40H66N2O14/c1-3-5-8-32(43)26-41-38(48)28-56-24-22-53-19-6-9-33(44)27-55-23-21-54-20-7-10-35(45)34(16-18-39(49)50)42-37(47)17-15-31(40(51)52)25-36(46)30-13-11-29(4-2)12-14-30/h29-31,34H,3-28H2,1-2H3,(H,41,48)(H,42,47)(H,49,50)(H,51,52). The zero-order valence-corrected chi connectivity index (χ0v) is 33.5. The smallest absolute Gasteiger partial charge is 0.306 e. The van der Waals surface area contributed by atoms with Gasteiger partial charge in [-0.1, -0.05) is 26.7 Å². The SMILES string of the molecule is CCCCC(=O)CNC(=O)COCCOCCCC(=O)COCCOCCCC(=O)C(CCC(=O)O)NC(=O)CCC(CC(=O)C1CCC(CC)CC1)C(=O)O. The number of ketones is 4. The van der Waals surface area contributed by atoms with Crippen LogP contribution in [-0.4, -0.2) is 123 Å². The van der Waals surface area contributed by atoms with Crippen molar-refractivity contribution in [3.63, 3.8) is 0 Å². The lowest BCUT2D eigenvalue weighted by Gasteiger charge is -2.27. The Kier molecular flexibility index (Phi) is 28.3. The summed E-state index contributed by atoms with van der Waals surface area (Å²) in [6.45, 7) is 5.20. The molecule has 16 heteroatoms. The molecule has 0 aromatic carbocycles. The Labute approximate surface area is 330 Å². The maximum absolute atomic E-state index is 12.9. The highest BCUT2D eigenvalue weighted by molar-refractivity contribution is 5.90. The maximum atomic E-state index is 12.9. The van der Waals surface area contributed by atoms with Crippen molar-refractivity contribution in [2.24, 2.45) is 17.8 Å². The van der Waals surface area contributed by atoms with Gasteiger partial charge in [0, 0.05) is 57.7 Å². The summed E-state index contributed by atoms with van der Waals surface area (Å²) in [6.07, 6.45) is 6.83. The minimum Gasteiger partial charge on any atom is -0.481 e. The molecule has 1 aliphatic rings. The quantitative estimate of drug-likeness (QED) is 0.0663. The lowest BCUT2D eigenvalue weighted by molar-refractivity contribution is -0.145. The zero-order valence-electron chi connectivity index (χ0n) is 33.5. The first-order valence-corrected chi connectivity index (χ1v) is 20.3. The minimum atomic E-state index is -1.15. The molecule has 2 atom stereocenters. The Balaban J connectivity index is 2.20. The van der Waals surface area contributed by atoms with Crippen molar-refractivity contribution in [3.05, 3.63) is 0 Å². The summed E-state index contributed by atoms with van der Waals surface area (Å²) in [5.74, 6) is -4.37. The highest BCUT2D eigenvalue weighted by atomic mass is 16.5. The molecule has 1 rings (SSSR count). The summed E-state index contributed by atoms with van der Waals surface area (Å²) >= 11 is 0. The molecule has 0 aromatic heterocycles. The monoisotopic (exact) mass is 798 g/mol. The number of Topliss-reactive ketones (excluding diaryl/α,β-unsaturated/α-hetero) is 4. The summed E-state index contributed by atoms with van der Waals surface area (Å²) in [7, 11) is 0. The first-order valence-electron chi connectivity index (χ1n) is 20.3. The van der Waals surface area contributed by atoms with Crippen LogP contribution in [0.25, 0.3) is 0 Å². The van der Waals surface area contributed by atoms with E-state index in [1.165, 1.54) is 0 Å². The molecule has 1 fully saturated rings. The number of unbranched alkanes of at least 4 members (excludes halogenated alkanes) is 1. The Morgan fingerprint density at radius 1 is 0.643 bits per heavy atom. The number of carboxylic acids is 2. The van der Waals surface area contributed by atoms with Gasteiger partial charge in [0.1, 0.15) is 19.0 Å². The van der Waals surface area contributed by atoms with Crippen LogP contribution < -0.4 is 10.6 Å². The van der Waals surface area contributed by atoms with Gasteiger partial charge in [-0.25, -0.2) is 0 Å². The number of hydrogen-bond donors (Lipinski definition) is 4. The van der Waals surface area contributed by atoms with Crippen molar-refractivity contribution in [3.8, 4) is 0 Å². The molecular formula is C40H66N2O14. The van der Waals surface area contributed by atoms with Gasteiger partial charge in [-0.2, -0.15) is 0 Å². The van der Waals surface area contributed by atoms with Crippen molar-refractivity contribution in [2.45, 2.75) is 129 Å². The van der Waals surface area contributed by atoms with E-state index in [2.05, 4.69) is 17.6 Å². The van der Waals surface area contributed by atoms with Crippen LogP contribution in [0.5, 0.6) is 0 Å². The normalized spacial score (nSPS) is 16.4. The molecule has 4 N–H and O–H groups in total. The molecule has 1 saturated carbocycles. The lowest BCUT2D eigenvalue weighted by atomic mass is 9.77. The first kappa shape index (κ1) is 50.4. The third-order valence-corrected chi connectivity index (χ3v) is 9.76. The summed E-state index contributed by atoms with van der Waals surface area (Å²) in [5, 5.41) is 23.9. The summed E-state index contributed by atoms with van der Waals surface area (Å²) in [6, 6.07) is -1.05. The Hall–Kier alpha value is -3.60. The molecule has 0 aromatic rings. The number of carboxylic acid groups (broad SMARTS) is 2. The number of carbonyl (C=O) groups excluding carboxylic acids is 6. The zero-order chi connectivity index (χ0) is 41.6. The van der Waals surface area contributed by atoms with Gasteiger partial charge in [0.25, 0.3) is 0 Å². The van der Waals surface area contributed by atoms with Crippen molar-refractivity contribution in [1.29, 1.82) is 0 Å². The number of aliphatic carboxylic acids is 2. The van der Waals surface area contributed by atoms with E-state index in [0.29, 0.717) is 31.8 Å². The molecule has 2 amide bonds. The predicted octanol–water partition coefficient (Wildman–Crippen LogP) is 3.63. The molecule has 0 heterocycles. The topological polar surface area (TPSA) is 238 Å². The Morgan fingerprint density at radius 3 is 1.86 bits per heavy atom. The summed E-state index contributed by atoms with van der Waals surface area (Å²) in [5.41, 5.74) is 0. The Bertz CT molecular complexity index is 1220. The minimum absolute atomic E-state index is 0.00330. The molecular weight excluding hydrogens is 732 g/mol. The van der Waals surface area contributed by atoms with Crippen LogP contribution in [-0.2, 0) is 57.3 Å². The second-order valence-electron chi connectivity index (χ2n) is 14.4. The number of amides is 2. The molecule has 1 aliphatic carbocycles. The molecule has 320 valence electrons. The van der Waals surface area contributed by atoms with Crippen LogP contribution in [0.3, 0.4) is 0 Å². The fraction of sp³-hybridized carbons (Fsp3) is 0.800. The van der Waals surface area contributed by atoms with E-state index in [9.17, 15) is 43.5 Å². The van der Waals surface area contributed by atoms with E-state index in [0.717, 1.165) is 44.9 Å². The lowest BCUT2D eigenvalue weighted by Crippen LogP contribution is -2.41. The maximum Gasteiger partial charge on any atom is 0.306 e. The molecule has 0 aliphatic heterocycles. The van der Waals surface area contributed by atoms with Gasteiger partial charge >= 0.3 is 11.9 Å². The molecule has 0 saturated heterocycles. The number of hydrogen-bond acceptors (Lipinski definition) is 12. The van der Waals surface area contributed by atoms with E-state index in [1.807, 2.05) is 6.92 Å². The summed E-state index contributed by atoms with van der Waals surface area (Å²) in [4.78, 5) is 96.7. The van der Waals surface area contributed by atoms with Crippen molar-refractivity contribution < 1.29 is 67.5 Å². The average Bonchev–Trinajstić information content (AvgIpc) is 3.17. The van der Waals surface area contributed by atoms with Gasteiger partial charge in [0.2, 0.25) is 11.8 Å². The Morgan fingerprint density at radius 2 is 1.25 bits per heavy atom. The van der Waals surface area contributed by atoms with Crippen LogP contribution in [0.2, 0.25) is 0 Å². The third kappa shape index (κ3) is 25.5. The van der Waals surface area contributed by atoms with Crippen molar-refractivity contribution >= 4 is 46.9 Å². The highest BCUT2D eigenvalue weighted by Crippen LogP contribution is 2.32. The van der Waals surface area contributed by atoms with Gasteiger partial charge in [-0.3, -0.25) is 38.4 Å². The van der Waals surface area contributed by atoms with Crippen LogP contribution in [0.4, 0.5) is 0 Å². The van der Waals surface area contributed by atoms with Crippen molar-refractivity contribution in [2.75, 3.05) is 59.4 Å². The largest absolute Gasteiger partial charge is 0.481 e. The van der Waals surface area contributed by atoms with E-state index >= 15 is 0 Å². The predicted molar refractivity (Wildman–Crippen MR) is 204 cm³/mol. The molecule has 0 spiro atoms. The van der Waals surface area contributed by atoms with Crippen LogP contribution in [0.1, 0.15) is 123 Å². The molecule has 0 radical (unpaired) electrons. The van der Waals surface area contributed by atoms with E-state index < -0.39 is 29.8 Å². The fourth-order valence-corrected chi connectivity index (χ4v) is 6.24.